The molecule has 0 spiro atoms. The van der Waals surface area contributed by atoms with Crippen molar-refractivity contribution in [3.63, 3.8) is 0 Å². The van der Waals surface area contributed by atoms with Crippen LogP contribution >= 0.6 is 0 Å². The molecular formula is C37H63NO12. The van der Waals surface area contributed by atoms with Gasteiger partial charge in [0.25, 0.3) is 0 Å². The molecule has 0 aromatic rings. The summed E-state index contributed by atoms with van der Waals surface area (Å²) in [4.78, 5) is 28.5. The van der Waals surface area contributed by atoms with Gasteiger partial charge in [-0.2, -0.15) is 0 Å². The molecular weight excluding hydrogens is 650 g/mol. The lowest BCUT2D eigenvalue weighted by Gasteiger charge is -2.48. The van der Waals surface area contributed by atoms with Gasteiger partial charge in [0, 0.05) is 39.0 Å². The Hall–Kier alpha value is -1.68. The number of allylic oxidation sites excluding steroid dienone is 1. The standard InChI is InChI=1S/C37H63NO12/c1-14-25-37(10,44-13)30(40)20(4)28-18(2)16-36(9,50-28)32(49-34-27(39)24(38-11)15-19(3)45-34)21(5)29(22(6)33(42)47-25)48-26-17-35(8,43-12)31(41)23(7)46-26/h19-27,29,31-32,34,38-39,41H,14-17H2,1-13H3/t19-,20+,21+,22-,23+,24+,25-,26+,27-,29+,31+,32-,34+,35-,36-,37-/m1/s1. The molecule has 0 amide bonds. The number of carbonyl (C=O) groups is 2. The van der Waals surface area contributed by atoms with Crippen LogP contribution in [0, 0.1) is 17.8 Å². The molecule has 4 rings (SSSR count). The Balaban J connectivity index is 1.85. The van der Waals surface area contributed by atoms with Gasteiger partial charge in [0.1, 0.15) is 35.8 Å². The maximum atomic E-state index is 14.3. The lowest BCUT2D eigenvalue weighted by atomic mass is 9.79. The fourth-order valence-electron chi connectivity index (χ4n) is 8.57. The average Bonchev–Trinajstić information content (AvgIpc) is 3.40. The molecule has 0 unspecified atom stereocenters. The number of fused-ring (bicyclic) bond motifs is 2. The van der Waals surface area contributed by atoms with Gasteiger partial charge in [-0.15, -0.1) is 0 Å². The van der Waals surface area contributed by atoms with Crippen molar-refractivity contribution in [1.82, 2.24) is 5.32 Å². The van der Waals surface area contributed by atoms with Crippen LogP contribution in [0.15, 0.2) is 11.3 Å². The van der Waals surface area contributed by atoms with Crippen molar-refractivity contribution < 1.29 is 57.7 Å². The van der Waals surface area contributed by atoms with Gasteiger partial charge < -0.3 is 53.4 Å². The van der Waals surface area contributed by atoms with Gasteiger partial charge in [0.05, 0.1) is 35.7 Å². The second-order valence-electron chi connectivity index (χ2n) is 15.6. The third kappa shape index (κ3) is 7.68. The van der Waals surface area contributed by atoms with Gasteiger partial charge in [0.15, 0.2) is 24.0 Å². The van der Waals surface area contributed by atoms with E-state index in [2.05, 4.69) is 5.32 Å². The number of nitrogens with one attached hydrogen (secondary N) is 1. The van der Waals surface area contributed by atoms with E-state index in [1.54, 1.807) is 41.7 Å². The largest absolute Gasteiger partial charge is 0.488 e. The van der Waals surface area contributed by atoms with Crippen LogP contribution in [0.4, 0.5) is 0 Å². The molecule has 0 aromatic carbocycles. The lowest BCUT2D eigenvalue weighted by molar-refractivity contribution is -0.314. The Bertz CT molecular complexity index is 1250. The topological polar surface area (TPSA) is 160 Å². The van der Waals surface area contributed by atoms with Crippen LogP contribution in [0.25, 0.3) is 0 Å². The summed E-state index contributed by atoms with van der Waals surface area (Å²) in [7, 11) is 4.76. The molecule has 13 heteroatoms. The fraction of sp³-hybridized carbons (Fsp3) is 0.892. The molecule has 0 radical (unpaired) electrons. The summed E-state index contributed by atoms with van der Waals surface area (Å²) < 4.78 is 50.6. The zero-order valence-corrected chi connectivity index (χ0v) is 32.3. The number of esters is 1. The Morgan fingerprint density at radius 3 is 2.22 bits per heavy atom. The Morgan fingerprint density at radius 1 is 0.980 bits per heavy atom. The first kappa shape index (κ1) is 41.1. The van der Waals surface area contributed by atoms with Gasteiger partial charge in [-0.25, -0.2) is 0 Å². The highest BCUT2D eigenvalue weighted by Crippen LogP contribution is 2.47. The predicted octanol–water partition coefficient (Wildman–Crippen LogP) is 3.41. The minimum atomic E-state index is -1.47. The van der Waals surface area contributed by atoms with Crippen LogP contribution in [0.5, 0.6) is 0 Å². The van der Waals surface area contributed by atoms with Crippen molar-refractivity contribution in [1.29, 1.82) is 0 Å². The predicted molar refractivity (Wildman–Crippen MR) is 183 cm³/mol. The monoisotopic (exact) mass is 713 g/mol. The van der Waals surface area contributed by atoms with Gasteiger partial charge in [0.2, 0.25) is 0 Å². The molecule has 4 aliphatic heterocycles. The normalized spacial score (nSPS) is 47.9. The van der Waals surface area contributed by atoms with E-state index in [0.717, 1.165) is 5.57 Å². The van der Waals surface area contributed by atoms with Crippen LogP contribution in [0.2, 0.25) is 0 Å². The second kappa shape index (κ2) is 15.7. The third-order valence-electron chi connectivity index (χ3n) is 11.9. The molecule has 4 heterocycles. The molecule has 16 atom stereocenters. The number of rotatable bonds is 8. The van der Waals surface area contributed by atoms with Crippen molar-refractivity contribution in [3.05, 3.63) is 11.3 Å². The molecule has 3 fully saturated rings. The molecule has 3 saturated heterocycles. The minimum absolute atomic E-state index is 0.182. The summed E-state index contributed by atoms with van der Waals surface area (Å²) in [5, 5.41) is 25.5. The summed E-state index contributed by atoms with van der Waals surface area (Å²) in [6.45, 7) is 18.2. The van der Waals surface area contributed by atoms with E-state index in [4.69, 9.17) is 37.9 Å². The summed E-state index contributed by atoms with van der Waals surface area (Å²) in [5.41, 5.74) is -2.65. The molecule has 0 saturated carbocycles. The van der Waals surface area contributed by atoms with Gasteiger partial charge >= 0.3 is 5.97 Å². The van der Waals surface area contributed by atoms with Gasteiger partial charge in [-0.05, 0) is 80.9 Å². The third-order valence-corrected chi connectivity index (χ3v) is 11.9. The fourth-order valence-corrected chi connectivity index (χ4v) is 8.57. The number of ketones is 1. The Morgan fingerprint density at radius 2 is 1.64 bits per heavy atom. The summed E-state index contributed by atoms with van der Waals surface area (Å²) in [6, 6.07) is -0.284. The first-order valence-corrected chi connectivity index (χ1v) is 18.2. The second-order valence-corrected chi connectivity index (χ2v) is 15.6. The van der Waals surface area contributed by atoms with E-state index >= 15 is 0 Å². The van der Waals surface area contributed by atoms with Crippen molar-refractivity contribution in [2.45, 2.75) is 173 Å². The Kier molecular flexibility index (Phi) is 12.9. The summed E-state index contributed by atoms with van der Waals surface area (Å²) in [5.74, 6) is -2.58. The lowest BCUT2D eigenvalue weighted by Crippen LogP contribution is -2.60. The number of methoxy groups -OCH3 is 2. The number of aliphatic hydroxyl groups excluding tert-OH is 2. The number of likely N-dealkylation sites (N-methyl/N-ethyl adjacent to an activating group) is 1. The summed E-state index contributed by atoms with van der Waals surface area (Å²) >= 11 is 0. The molecule has 13 nitrogen and oxygen atoms in total. The Labute approximate surface area is 298 Å². The molecule has 3 N–H and O–H groups in total. The maximum absolute atomic E-state index is 14.3. The molecule has 2 bridgehead atoms. The van der Waals surface area contributed by atoms with E-state index in [1.807, 2.05) is 34.6 Å². The molecule has 0 aliphatic carbocycles. The quantitative estimate of drug-likeness (QED) is 0.315. The van der Waals surface area contributed by atoms with E-state index in [1.165, 1.54) is 14.2 Å². The van der Waals surface area contributed by atoms with Crippen molar-refractivity contribution in [3.8, 4) is 0 Å². The zero-order valence-electron chi connectivity index (χ0n) is 32.3. The van der Waals surface area contributed by atoms with Crippen LogP contribution in [-0.4, -0.2) is 121 Å². The number of ether oxygens (including phenoxy) is 8. The SMILES string of the molecule is CC[C@H]1OC(=O)[C@H](C)[C@@H](O[C@H]2C[C@@](C)(OC)[C@@H](O)[C@H](C)O2)[C@H](C)[C@@H](O[C@@H]2O[C@H](C)C[C@H](NC)[C@H]2O)[C@@]2(C)CC(C)=C(O2)[C@H](C)C(=O)[C@]1(C)OC. The molecule has 0 aromatic heterocycles. The number of aliphatic hydroxyl groups is 2. The summed E-state index contributed by atoms with van der Waals surface area (Å²) in [6.07, 6.45) is -5.83. The van der Waals surface area contributed by atoms with E-state index < -0.39 is 89.7 Å². The zero-order chi connectivity index (χ0) is 37.5. The maximum Gasteiger partial charge on any atom is 0.311 e. The highest BCUT2D eigenvalue weighted by atomic mass is 16.7. The van der Waals surface area contributed by atoms with E-state index in [-0.39, 0.29) is 24.3 Å². The highest BCUT2D eigenvalue weighted by molar-refractivity contribution is 5.92. The number of hydrogen-bond donors (Lipinski definition) is 3. The van der Waals surface area contributed by atoms with Crippen molar-refractivity contribution >= 4 is 11.8 Å². The number of Topliss-reactive ketones (excluding diaryl/α,β-unsaturated/α-hetero) is 1. The van der Waals surface area contributed by atoms with Crippen LogP contribution in [0.1, 0.15) is 94.9 Å². The number of carbonyl (C=O) groups excluding carboxylic acids is 2. The molecule has 50 heavy (non-hydrogen) atoms. The van der Waals surface area contributed by atoms with Crippen molar-refractivity contribution in [2.75, 3.05) is 21.3 Å². The first-order chi connectivity index (χ1) is 23.3. The van der Waals surface area contributed by atoms with E-state index in [9.17, 15) is 19.8 Å². The van der Waals surface area contributed by atoms with Crippen LogP contribution < -0.4 is 5.32 Å². The van der Waals surface area contributed by atoms with Crippen molar-refractivity contribution in [2.24, 2.45) is 17.8 Å². The van der Waals surface area contributed by atoms with Crippen LogP contribution in [-0.2, 0) is 47.5 Å². The number of hydrogen-bond acceptors (Lipinski definition) is 13. The molecule has 4 aliphatic rings. The van der Waals surface area contributed by atoms with Crippen LogP contribution in [0.3, 0.4) is 0 Å². The van der Waals surface area contributed by atoms with E-state index in [0.29, 0.717) is 25.0 Å². The first-order valence-electron chi connectivity index (χ1n) is 18.2. The highest BCUT2D eigenvalue weighted by Gasteiger charge is 2.56. The molecule has 288 valence electrons. The smallest absolute Gasteiger partial charge is 0.311 e. The number of cyclic esters (lactones) is 1. The average molecular weight is 714 g/mol. The van der Waals surface area contributed by atoms with Gasteiger partial charge in [-0.3, -0.25) is 9.59 Å². The van der Waals surface area contributed by atoms with Gasteiger partial charge in [-0.1, -0.05) is 13.8 Å². The minimum Gasteiger partial charge on any atom is -0.488 e.